The number of benzene rings is 1. The van der Waals surface area contributed by atoms with Crippen LogP contribution in [0, 0.1) is 10.1 Å². The van der Waals surface area contributed by atoms with E-state index in [2.05, 4.69) is 10.1 Å². The fourth-order valence-electron chi connectivity index (χ4n) is 3.29. The van der Waals surface area contributed by atoms with Crippen LogP contribution in [0.15, 0.2) is 28.8 Å². The van der Waals surface area contributed by atoms with Crippen molar-refractivity contribution in [3.63, 3.8) is 0 Å². The molecule has 1 aliphatic rings. The lowest BCUT2D eigenvalue weighted by Gasteiger charge is -2.35. The van der Waals surface area contributed by atoms with Gasteiger partial charge in [-0.2, -0.15) is 4.98 Å². The second-order valence-electron chi connectivity index (χ2n) is 8.23. The normalized spacial score (nSPS) is 14.9. The summed E-state index contributed by atoms with van der Waals surface area (Å²) in [6.45, 7) is 8.34. The molecule has 2 heterocycles. The Labute approximate surface area is 169 Å². The number of anilines is 1. The highest BCUT2D eigenvalue weighted by Gasteiger charge is 2.25. The fraction of sp³-hybridized carbons (Fsp3) is 0.550. The summed E-state index contributed by atoms with van der Waals surface area (Å²) in [5, 5.41) is 15.2. The zero-order valence-corrected chi connectivity index (χ0v) is 17.1. The van der Waals surface area contributed by atoms with Gasteiger partial charge in [0.05, 0.1) is 4.92 Å². The molecule has 0 spiro atoms. The summed E-state index contributed by atoms with van der Waals surface area (Å²) in [6.07, 6.45) is 1.64. The largest absolute Gasteiger partial charge is 0.362 e. The molecule has 1 aliphatic heterocycles. The van der Waals surface area contributed by atoms with Crippen molar-refractivity contribution in [3.05, 3.63) is 46.1 Å². The first-order chi connectivity index (χ1) is 13.8. The van der Waals surface area contributed by atoms with Gasteiger partial charge >= 0.3 is 0 Å². The zero-order chi connectivity index (χ0) is 21.0. The van der Waals surface area contributed by atoms with Crippen LogP contribution in [0.25, 0.3) is 0 Å². The number of hydrogen-bond donors (Lipinski definition) is 0. The smallest absolute Gasteiger partial charge is 0.292 e. The second-order valence-corrected chi connectivity index (χ2v) is 8.23. The standard InChI is InChI=1S/C20H27N5O4/c1-20(2,3)19-21-17(29-22-19)9-6-10-18(26)24-13-11-23(12-14-24)15-7-4-5-8-16(15)25(27)28/h4-5,7-8H,6,9-14H2,1-3H3. The van der Waals surface area contributed by atoms with Crippen molar-refractivity contribution in [1.29, 1.82) is 0 Å². The van der Waals surface area contributed by atoms with Crippen molar-refractivity contribution in [2.24, 2.45) is 0 Å². The maximum absolute atomic E-state index is 12.5. The van der Waals surface area contributed by atoms with Gasteiger partial charge in [0.1, 0.15) is 5.69 Å². The number of aromatic nitrogens is 2. The van der Waals surface area contributed by atoms with Crippen LogP contribution in [-0.2, 0) is 16.6 Å². The predicted octanol–water partition coefficient (Wildman–Crippen LogP) is 2.95. The topological polar surface area (TPSA) is 106 Å². The maximum Gasteiger partial charge on any atom is 0.292 e. The number of hydrogen-bond acceptors (Lipinski definition) is 7. The molecule has 0 saturated carbocycles. The van der Waals surface area contributed by atoms with Crippen molar-refractivity contribution in [2.75, 3.05) is 31.1 Å². The van der Waals surface area contributed by atoms with Gasteiger partial charge in [0, 0.05) is 50.5 Å². The van der Waals surface area contributed by atoms with Crippen molar-refractivity contribution >= 4 is 17.3 Å². The molecule has 0 radical (unpaired) electrons. The molecule has 1 aromatic carbocycles. The summed E-state index contributed by atoms with van der Waals surface area (Å²) in [6, 6.07) is 6.72. The lowest BCUT2D eigenvalue weighted by Crippen LogP contribution is -2.48. The van der Waals surface area contributed by atoms with Crippen LogP contribution in [0.5, 0.6) is 0 Å². The SMILES string of the molecule is CC(C)(C)c1noc(CCCC(=O)N2CCN(c3ccccc3[N+](=O)[O-])CC2)n1. The van der Waals surface area contributed by atoms with Gasteiger partial charge in [0.25, 0.3) is 5.69 Å². The maximum atomic E-state index is 12.5. The number of amides is 1. The van der Waals surface area contributed by atoms with E-state index < -0.39 is 0 Å². The molecule has 0 unspecified atom stereocenters. The third-order valence-electron chi connectivity index (χ3n) is 4.97. The molecular weight excluding hydrogens is 374 g/mol. The van der Waals surface area contributed by atoms with E-state index in [9.17, 15) is 14.9 Å². The van der Waals surface area contributed by atoms with Crippen molar-refractivity contribution in [1.82, 2.24) is 15.0 Å². The number of rotatable bonds is 6. The molecule has 156 valence electrons. The van der Waals surface area contributed by atoms with Gasteiger partial charge in [-0.1, -0.05) is 38.1 Å². The number of nitro benzene ring substituents is 1. The van der Waals surface area contributed by atoms with E-state index in [0.29, 0.717) is 62.8 Å². The Balaban J connectivity index is 1.47. The fourth-order valence-corrected chi connectivity index (χ4v) is 3.29. The average Bonchev–Trinajstić information content (AvgIpc) is 3.17. The van der Waals surface area contributed by atoms with Gasteiger partial charge in [0.2, 0.25) is 11.8 Å². The number of nitrogens with zero attached hydrogens (tertiary/aromatic N) is 5. The lowest BCUT2D eigenvalue weighted by molar-refractivity contribution is -0.384. The monoisotopic (exact) mass is 401 g/mol. The predicted molar refractivity (Wildman–Crippen MR) is 108 cm³/mol. The first-order valence-corrected chi connectivity index (χ1v) is 9.85. The van der Waals surface area contributed by atoms with Crippen LogP contribution in [0.3, 0.4) is 0 Å². The molecule has 9 nitrogen and oxygen atoms in total. The number of nitro groups is 1. The molecule has 0 bridgehead atoms. The third-order valence-corrected chi connectivity index (χ3v) is 4.97. The molecule has 9 heteroatoms. The van der Waals surface area contributed by atoms with Gasteiger partial charge in [-0.3, -0.25) is 14.9 Å². The molecule has 0 atom stereocenters. The summed E-state index contributed by atoms with van der Waals surface area (Å²) in [5.41, 5.74) is 0.544. The molecule has 1 amide bonds. The summed E-state index contributed by atoms with van der Waals surface area (Å²) in [7, 11) is 0. The Morgan fingerprint density at radius 2 is 1.90 bits per heavy atom. The Hall–Kier alpha value is -2.97. The van der Waals surface area contributed by atoms with E-state index in [-0.39, 0.29) is 21.9 Å². The Bertz CT molecular complexity index is 866. The van der Waals surface area contributed by atoms with Crippen molar-refractivity contribution < 1.29 is 14.2 Å². The number of carbonyl (C=O) groups is 1. The van der Waals surface area contributed by atoms with Crippen molar-refractivity contribution in [3.8, 4) is 0 Å². The summed E-state index contributed by atoms with van der Waals surface area (Å²) >= 11 is 0. The Morgan fingerprint density at radius 3 is 2.52 bits per heavy atom. The van der Waals surface area contributed by atoms with Crippen LogP contribution in [-0.4, -0.2) is 52.1 Å². The highest BCUT2D eigenvalue weighted by Crippen LogP contribution is 2.28. The number of para-hydroxylation sites is 2. The van der Waals surface area contributed by atoms with E-state index in [4.69, 9.17) is 4.52 Å². The highest BCUT2D eigenvalue weighted by atomic mass is 16.6. The van der Waals surface area contributed by atoms with E-state index in [1.165, 1.54) is 6.07 Å². The van der Waals surface area contributed by atoms with Gasteiger partial charge in [-0.25, -0.2) is 0 Å². The average molecular weight is 401 g/mol. The summed E-state index contributed by atoms with van der Waals surface area (Å²) in [4.78, 5) is 31.5. The molecule has 2 aromatic rings. The molecule has 3 rings (SSSR count). The molecular formula is C20H27N5O4. The molecule has 0 aliphatic carbocycles. The van der Waals surface area contributed by atoms with Crippen LogP contribution in [0.4, 0.5) is 11.4 Å². The minimum atomic E-state index is -0.366. The lowest BCUT2D eigenvalue weighted by atomic mass is 9.96. The number of carbonyl (C=O) groups excluding carboxylic acids is 1. The minimum absolute atomic E-state index is 0.0859. The molecule has 29 heavy (non-hydrogen) atoms. The second kappa shape index (κ2) is 8.59. The first-order valence-electron chi connectivity index (χ1n) is 9.85. The Kier molecular flexibility index (Phi) is 6.14. The van der Waals surface area contributed by atoms with E-state index in [1.54, 1.807) is 18.2 Å². The molecule has 0 N–H and O–H groups in total. The molecule has 1 saturated heterocycles. The van der Waals surface area contributed by atoms with Crippen LogP contribution < -0.4 is 4.90 Å². The summed E-state index contributed by atoms with van der Waals surface area (Å²) < 4.78 is 5.26. The first kappa shape index (κ1) is 20.8. The van der Waals surface area contributed by atoms with Crippen molar-refractivity contribution in [2.45, 2.75) is 45.4 Å². The van der Waals surface area contributed by atoms with Crippen LogP contribution >= 0.6 is 0 Å². The molecule has 1 fully saturated rings. The summed E-state index contributed by atoms with van der Waals surface area (Å²) in [5.74, 6) is 1.32. The minimum Gasteiger partial charge on any atom is -0.362 e. The van der Waals surface area contributed by atoms with Crippen LogP contribution in [0.2, 0.25) is 0 Å². The van der Waals surface area contributed by atoms with Gasteiger partial charge < -0.3 is 14.3 Å². The van der Waals surface area contributed by atoms with Gasteiger partial charge in [-0.05, 0) is 12.5 Å². The third kappa shape index (κ3) is 5.10. The molecule has 1 aromatic heterocycles. The Morgan fingerprint density at radius 1 is 1.21 bits per heavy atom. The van der Waals surface area contributed by atoms with Gasteiger partial charge in [0.15, 0.2) is 5.82 Å². The van der Waals surface area contributed by atoms with E-state index in [1.807, 2.05) is 30.6 Å². The highest BCUT2D eigenvalue weighted by molar-refractivity contribution is 5.76. The zero-order valence-electron chi connectivity index (χ0n) is 17.1. The van der Waals surface area contributed by atoms with Gasteiger partial charge in [-0.15, -0.1) is 0 Å². The van der Waals surface area contributed by atoms with E-state index >= 15 is 0 Å². The number of aryl methyl sites for hydroxylation is 1. The number of piperazine rings is 1. The van der Waals surface area contributed by atoms with Crippen LogP contribution in [0.1, 0.15) is 45.3 Å². The quantitative estimate of drug-likeness (QED) is 0.541. The van der Waals surface area contributed by atoms with E-state index in [0.717, 1.165) is 0 Å².